The first kappa shape index (κ1) is 15.7. The monoisotopic (exact) mass is 243 g/mol. The normalized spacial score (nSPS) is 11.5. The van der Waals surface area contributed by atoms with Gasteiger partial charge < -0.3 is 15.8 Å². The van der Waals surface area contributed by atoms with Gasteiger partial charge in [-0.25, -0.2) is 0 Å². The van der Waals surface area contributed by atoms with E-state index >= 15 is 0 Å². The summed E-state index contributed by atoms with van der Waals surface area (Å²) in [5.41, 5.74) is 5.39. The van der Waals surface area contributed by atoms with Gasteiger partial charge in [0, 0.05) is 13.0 Å². The van der Waals surface area contributed by atoms with Gasteiger partial charge in [0.05, 0.1) is 6.54 Å². The number of amidine groups is 1. The molecule has 17 heavy (non-hydrogen) atoms. The van der Waals surface area contributed by atoms with Gasteiger partial charge in [-0.05, 0) is 13.3 Å². The van der Waals surface area contributed by atoms with Crippen LogP contribution >= 0.6 is 0 Å². The van der Waals surface area contributed by atoms with E-state index in [1.54, 1.807) is 4.90 Å². The molecular weight excluding hydrogens is 218 g/mol. The van der Waals surface area contributed by atoms with Crippen molar-refractivity contribution in [1.29, 1.82) is 0 Å². The average Bonchev–Trinajstić information content (AvgIpc) is 2.34. The van der Waals surface area contributed by atoms with Crippen LogP contribution in [0.15, 0.2) is 5.16 Å². The van der Waals surface area contributed by atoms with Gasteiger partial charge in [0.2, 0.25) is 5.91 Å². The molecule has 0 saturated heterocycles. The van der Waals surface area contributed by atoms with E-state index in [1.165, 1.54) is 19.3 Å². The first-order valence-corrected chi connectivity index (χ1v) is 6.39. The number of nitrogens with two attached hydrogens (primary N) is 1. The zero-order valence-electron chi connectivity index (χ0n) is 11.0. The van der Waals surface area contributed by atoms with Crippen LogP contribution in [0.4, 0.5) is 0 Å². The molecule has 0 radical (unpaired) electrons. The van der Waals surface area contributed by atoms with Gasteiger partial charge in [0.25, 0.3) is 0 Å². The van der Waals surface area contributed by atoms with Gasteiger partial charge in [-0.1, -0.05) is 37.8 Å². The van der Waals surface area contributed by atoms with Crippen LogP contribution in [0.1, 0.15) is 52.4 Å². The van der Waals surface area contributed by atoms with Crippen LogP contribution < -0.4 is 5.73 Å². The Labute approximate surface area is 104 Å². The summed E-state index contributed by atoms with van der Waals surface area (Å²) in [5, 5.41) is 11.3. The molecule has 5 heteroatoms. The summed E-state index contributed by atoms with van der Waals surface area (Å²) in [5.74, 6) is 0.154. The van der Waals surface area contributed by atoms with E-state index in [0.717, 1.165) is 12.8 Å². The Hall–Kier alpha value is -1.26. The van der Waals surface area contributed by atoms with Gasteiger partial charge in [-0.15, -0.1) is 0 Å². The predicted molar refractivity (Wildman–Crippen MR) is 69.0 cm³/mol. The molecule has 1 amide bonds. The minimum Gasteiger partial charge on any atom is -0.409 e. The summed E-state index contributed by atoms with van der Waals surface area (Å²) in [6.45, 7) is 4.85. The summed E-state index contributed by atoms with van der Waals surface area (Å²) in [4.78, 5) is 13.4. The van der Waals surface area contributed by atoms with Crippen molar-refractivity contribution in [2.24, 2.45) is 10.9 Å². The number of likely N-dealkylation sites (N-methyl/N-ethyl adjacent to an activating group) is 1. The quantitative estimate of drug-likeness (QED) is 0.213. The molecule has 0 saturated carbocycles. The molecule has 0 unspecified atom stereocenters. The number of oxime groups is 1. The highest BCUT2D eigenvalue weighted by atomic mass is 16.4. The van der Waals surface area contributed by atoms with Crippen molar-refractivity contribution in [2.45, 2.75) is 52.4 Å². The molecule has 0 aliphatic heterocycles. The van der Waals surface area contributed by atoms with Gasteiger partial charge in [0.15, 0.2) is 5.84 Å². The summed E-state index contributed by atoms with van der Waals surface area (Å²) < 4.78 is 0. The maximum Gasteiger partial charge on any atom is 0.222 e. The van der Waals surface area contributed by atoms with Crippen molar-refractivity contribution in [3.8, 4) is 0 Å². The molecule has 0 heterocycles. The molecule has 0 atom stereocenters. The molecule has 0 aromatic heterocycles. The molecule has 0 spiro atoms. The maximum absolute atomic E-state index is 11.8. The third kappa shape index (κ3) is 7.60. The second kappa shape index (κ2) is 9.93. The standard InChI is InChI=1S/C12H25N3O2/c1-3-5-6-7-8-9-12(16)15(4-2)10-11(13)14-17/h17H,3-10H2,1-2H3,(H2,13,14). The topological polar surface area (TPSA) is 78.9 Å². The van der Waals surface area contributed by atoms with E-state index in [2.05, 4.69) is 12.1 Å². The van der Waals surface area contributed by atoms with Gasteiger partial charge in [-0.3, -0.25) is 4.79 Å². The largest absolute Gasteiger partial charge is 0.409 e. The molecule has 0 aliphatic rings. The van der Waals surface area contributed by atoms with Crippen LogP contribution in [0.2, 0.25) is 0 Å². The molecule has 0 fully saturated rings. The lowest BCUT2D eigenvalue weighted by atomic mass is 10.1. The summed E-state index contributed by atoms with van der Waals surface area (Å²) in [7, 11) is 0. The number of hydrogen-bond donors (Lipinski definition) is 2. The fourth-order valence-corrected chi connectivity index (χ4v) is 1.64. The zero-order chi connectivity index (χ0) is 13.1. The second-order valence-corrected chi connectivity index (χ2v) is 4.16. The molecule has 5 nitrogen and oxygen atoms in total. The number of carbonyl (C=O) groups is 1. The van der Waals surface area contributed by atoms with Crippen LogP contribution in [-0.2, 0) is 4.79 Å². The molecule has 3 N–H and O–H groups in total. The minimum absolute atomic E-state index is 0.0752. The summed E-state index contributed by atoms with van der Waals surface area (Å²) in [6, 6.07) is 0. The van der Waals surface area contributed by atoms with E-state index < -0.39 is 0 Å². The number of carbonyl (C=O) groups excluding carboxylic acids is 1. The van der Waals surface area contributed by atoms with Crippen LogP contribution in [-0.4, -0.2) is 34.9 Å². The average molecular weight is 243 g/mol. The maximum atomic E-state index is 11.8. The van der Waals surface area contributed by atoms with Crippen LogP contribution in [0.5, 0.6) is 0 Å². The fraction of sp³-hybridized carbons (Fsp3) is 0.833. The SMILES string of the molecule is CCCCCCCC(=O)N(CC)CC(N)=NO. The van der Waals surface area contributed by atoms with Gasteiger partial charge >= 0.3 is 0 Å². The number of hydrogen-bond acceptors (Lipinski definition) is 3. The van der Waals surface area contributed by atoms with E-state index in [4.69, 9.17) is 10.9 Å². The third-order valence-electron chi connectivity index (χ3n) is 2.71. The highest BCUT2D eigenvalue weighted by Crippen LogP contribution is 2.06. The smallest absolute Gasteiger partial charge is 0.222 e. The first-order valence-electron chi connectivity index (χ1n) is 6.39. The Kier molecular flexibility index (Phi) is 9.19. The molecule has 0 aliphatic carbocycles. The Morgan fingerprint density at radius 1 is 1.24 bits per heavy atom. The van der Waals surface area contributed by atoms with Crippen molar-refractivity contribution >= 4 is 11.7 Å². The molecule has 0 rings (SSSR count). The van der Waals surface area contributed by atoms with Crippen molar-refractivity contribution in [3.05, 3.63) is 0 Å². The summed E-state index contributed by atoms with van der Waals surface area (Å²) >= 11 is 0. The van der Waals surface area contributed by atoms with Crippen LogP contribution in [0.25, 0.3) is 0 Å². The molecule has 0 aromatic carbocycles. The third-order valence-corrected chi connectivity index (χ3v) is 2.71. The molecule has 0 bridgehead atoms. The van der Waals surface area contributed by atoms with E-state index in [9.17, 15) is 4.79 Å². The predicted octanol–water partition coefficient (Wildman–Crippen LogP) is 1.94. The van der Waals surface area contributed by atoms with Gasteiger partial charge in [-0.2, -0.15) is 0 Å². The van der Waals surface area contributed by atoms with Crippen molar-refractivity contribution < 1.29 is 10.0 Å². The van der Waals surface area contributed by atoms with E-state index in [-0.39, 0.29) is 18.3 Å². The highest BCUT2D eigenvalue weighted by Gasteiger charge is 2.12. The van der Waals surface area contributed by atoms with Crippen LogP contribution in [0, 0.1) is 0 Å². The Bertz CT molecular complexity index is 242. The number of rotatable bonds is 9. The Morgan fingerprint density at radius 2 is 1.88 bits per heavy atom. The highest BCUT2D eigenvalue weighted by molar-refractivity contribution is 5.86. The van der Waals surface area contributed by atoms with Crippen molar-refractivity contribution in [3.63, 3.8) is 0 Å². The van der Waals surface area contributed by atoms with Crippen molar-refractivity contribution in [1.82, 2.24) is 4.90 Å². The first-order chi connectivity index (χ1) is 8.15. The molecule has 100 valence electrons. The van der Waals surface area contributed by atoms with Gasteiger partial charge in [0.1, 0.15) is 0 Å². The Morgan fingerprint density at radius 3 is 2.41 bits per heavy atom. The van der Waals surface area contributed by atoms with Crippen LogP contribution in [0.3, 0.4) is 0 Å². The lowest BCUT2D eigenvalue weighted by Crippen LogP contribution is -2.38. The lowest BCUT2D eigenvalue weighted by Gasteiger charge is -2.19. The number of unbranched alkanes of at least 4 members (excludes halogenated alkanes) is 4. The number of amides is 1. The lowest BCUT2D eigenvalue weighted by molar-refractivity contribution is -0.130. The number of nitrogens with zero attached hydrogens (tertiary/aromatic N) is 2. The zero-order valence-corrected chi connectivity index (χ0v) is 11.0. The van der Waals surface area contributed by atoms with E-state index in [0.29, 0.717) is 13.0 Å². The minimum atomic E-state index is 0.0752. The second-order valence-electron chi connectivity index (χ2n) is 4.16. The fourth-order valence-electron chi connectivity index (χ4n) is 1.64. The molecular formula is C12H25N3O2. The van der Waals surface area contributed by atoms with E-state index in [1.807, 2.05) is 6.92 Å². The molecule has 0 aromatic rings. The summed E-state index contributed by atoms with van der Waals surface area (Å²) in [6.07, 6.45) is 6.20. The Balaban J connectivity index is 3.84. The van der Waals surface area contributed by atoms with Crippen molar-refractivity contribution in [2.75, 3.05) is 13.1 Å².